The van der Waals surface area contributed by atoms with Crippen molar-refractivity contribution in [1.82, 2.24) is 14.5 Å². The zero-order valence-corrected chi connectivity index (χ0v) is 17.5. The summed E-state index contributed by atoms with van der Waals surface area (Å²) in [5.74, 6) is -4.13. The first kappa shape index (κ1) is 23.1. The van der Waals surface area contributed by atoms with Gasteiger partial charge in [-0.3, -0.25) is 14.2 Å². The van der Waals surface area contributed by atoms with Gasteiger partial charge in [-0.05, 0) is 25.5 Å². The molecule has 0 aromatic carbocycles. The van der Waals surface area contributed by atoms with Crippen LogP contribution >= 0.6 is 0 Å². The van der Waals surface area contributed by atoms with Crippen LogP contribution in [0.2, 0.25) is 0 Å². The molecular weight excluding hydrogens is 453 g/mol. The molecule has 2 aliphatic rings. The molecule has 4 rings (SSSR count). The van der Waals surface area contributed by atoms with Crippen LogP contribution in [0.5, 0.6) is 0 Å². The van der Waals surface area contributed by atoms with Crippen molar-refractivity contribution in [1.29, 1.82) is 0 Å². The van der Waals surface area contributed by atoms with Crippen molar-refractivity contribution in [2.24, 2.45) is 0 Å². The lowest BCUT2D eigenvalue weighted by atomic mass is 10.1. The summed E-state index contributed by atoms with van der Waals surface area (Å²) < 4.78 is 76.6. The normalized spacial score (nSPS) is 21.2. The Morgan fingerprint density at radius 2 is 2.03 bits per heavy atom. The molecule has 13 heteroatoms. The van der Waals surface area contributed by atoms with Gasteiger partial charge in [-0.1, -0.05) is 0 Å². The molecule has 1 saturated heterocycles. The van der Waals surface area contributed by atoms with Gasteiger partial charge in [0, 0.05) is 19.3 Å². The number of nitrogens with zero attached hydrogens (tertiary/aromatic N) is 5. The molecule has 0 radical (unpaired) electrons. The Morgan fingerprint density at radius 3 is 2.70 bits per heavy atom. The van der Waals surface area contributed by atoms with E-state index in [4.69, 9.17) is 4.74 Å². The van der Waals surface area contributed by atoms with Crippen LogP contribution in [-0.4, -0.2) is 64.9 Å². The molecule has 8 nitrogen and oxygen atoms in total. The van der Waals surface area contributed by atoms with Gasteiger partial charge in [-0.15, -0.1) is 0 Å². The molecule has 178 valence electrons. The summed E-state index contributed by atoms with van der Waals surface area (Å²) in [4.78, 5) is 35.1. The molecule has 0 saturated carbocycles. The number of anilines is 2. The van der Waals surface area contributed by atoms with Crippen molar-refractivity contribution >= 4 is 17.5 Å². The van der Waals surface area contributed by atoms with E-state index in [1.807, 2.05) is 0 Å². The van der Waals surface area contributed by atoms with E-state index in [9.17, 15) is 31.5 Å². The van der Waals surface area contributed by atoms with E-state index in [0.717, 1.165) is 16.8 Å². The molecule has 0 spiro atoms. The number of pyridine rings is 1. The first-order valence-corrected chi connectivity index (χ1v) is 10.2. The quantitative estimate of drug-likeness (QED) is 0.498. The Balaban J connectivity index is 1.81. The molecule has 2 aromatic heterocycles. The molecule has 1 unspecified atom stereocenters. The number of Topliss-reactive ketones (excluding diaryl/α,β-unsaturated/α-hetero) is 1. The number of morpholine rings is 1. The Labute approximate surface area is 184 Å². The van der Waals surface area contributed by atoms with Gasteiger partial charge in [0.15, 0.2) is 11.6 Å². The van der Waals surface area contributed by atoms with Crippen LogP contribution in [0.3, 0.4) is 0 Å². The van der Waals surface area contributed by atoms with Gasteiger partial charge in [0.25, 0.3) is 5.56 Å². The Bertz CT molecular complexity index is 1120. The number of hydrogen-bond donors (Lipinski definition) is 0. The van der Waals surface area contributed by atoms with Crippen molar-refractivity contribution in [2.45, 2.75) is 38.1 Å². The standard InChI is InChI=1S/C20H20F5N5O3/c1-11-10-33-8-7-28(11)17-15(22)18(32)29-6-4-14(20(23,24)25)30(19(29)27-17)9-13(31)16-12(21)3-2-5-26-16/h2-3,5,11,14H,4,6-10H2,1H3/t11-,14?/m1/s1. The van der Waals surface area contributed by atoms with Crippen LogP contribution < -0.4 is 15.4 Å². The van der Waals surface area contributed by atoms with Crippen LogP contribution in [0.15, 0.2) is 23.1 Å². The summed E-state index contributed by atoms with van der Waals surface area (Å²) >= 11 is 0. The number of carbonyl (C=O) groups is 1. The van der Waals surface area contributed by atoms with Gasteiger partial charge in [-0.25, -0.2) is 9.37 Å². The minimum Gasteiger partial charge on any atom is -0.377 e. The summed E-state index contributed by atoms with van der Waals surface area (Å²) in [6.45, 7) is 0.913. The second-order valence-corrected chi connectivity index (χ2v) is 7.85. The van der Waals surface area contributed by atoms with Crippen molar-refractivity contribution in [3.05, 3.63) is 46.0 Å². The molecule has 0 amide bonds. The van der Waals surface area contributed by atoms with E-state index in [2.05, 4.69) is 9.97 Å². The zero-order valence-electron chi connectivity index (χ0n) is 17.5. The fourth-order valence-corrected chi connectivity index (χ4v) is 4.05. The van der Waals surface area contributed by atoms with Crippen molar-refractivity contribution in [2.75, 3.05) is 36.1 Å². The number of carbonyl (C=O) groups excluding carboxylic acids is 1. The summed E-state index contributed by atoms with van der Waals surface area (Å²) in [6, 6.07) is -0.370. The van der Waals surface area contributed by atoms with Crippen LogP contribution in [0.25, 0.3) is 0 Å². The highest BCUT2D eigenvalue weighted by Gasteiger charge is 2.48. The van der Waals surface area contributed by atoms with Gasteiger partial charge in [-0.2, -0.15) is 22.5 Å². The van der Waals surface area contributed by atoms with Crippen LogP contribution in [0, 0.1) is 11.6 Å². The number of alkyl halides is 3. The number of ether oxygens (including phenoxy) is 1. The van der Waals surface area contributed by atoms with Gasteiger partial charge in [0.2, 0.25) is 17.5 Å². The van der Waals surface area contributed by atoms with E-state index < -0.39 is 72.2 Å². The predicted octanol–water partition coefficient (Wildman–Crippen LogP) is 2.17. The molecule has 2 aliphatic heterocycles. The number of ketones is 1. The highest BCUT2D eigenvalue weighted by atomic mass is 19.4. The maximum absolute atomic E-state index is 14.9. The number of aromatic nitrogens is 3. The largest absolute Gasteiger partial charge is 0.408 e. The van der Waals surface area contributed by atoms with E-state index in [-0.39, 0.29) is 25.8 Å². The number of rotatable bonds is 4. The Hall–Kier alpha value is -3.09. The third-order valence-corrected chi connectivity index (χ3v) is 5.69. The lowest BCUT2D eigenvalue weighted by Crippen LogP contribution is -2.55. The fourth-order valence-electron chi connectivity index (χ4n) is 4.05. The van der Waals surface area contributed by atoms with Crippen molar-refractivity contribution < 1.29 is 31.5 Å². The van der Waals surface area contributed by atoms with E-state index >= 15 is 0 Å². The minimum absolute atomic E-state index is 0.175. The van der Waals surface area contributed by atoms with Crippen LogP contribution in [0.4, 0.5) is 33.7 Å². The van der Waals surface area contributed by atoms with Gasteiger partial charge >= 0.3 is 6.18 Å². The molecule has 4 heterocycles. The van der Waals surface area contributed by atoms with E-state index in [1.165, 1.54) is 11.0 Å². The summed E-state index contributed by atoms with van der Waals surface area (Å²) in [5.41, 5.74) is -1.78. The number of halogens is 5. The smallest absolute Gasteiger partial charge is 0.377 e. The monoisotopic (exact) mass is 473 g/mol. The van der Waals surface area contributed by atoms with Crippen molar-refractivity contribution in [3.63, 3.8) is 0 Å². The molecule has 33 heavy (non-hydrogen) atoms. The van der Waals surface area contributed by atoms with Gasteiger partial charge in [0.1, 0.15) is 11.7 Å². The molecule has 0 bridgehead atoms. The lowest BCUT2D eigenvalue weighted by Gasteiger charge is -2.40. The topological polar surface area (TPSA) is 80.6 Å². The molecule has 0 N–H and O–H groups in total. The third kappa shape index (κ3) is 4.28. The summed E-state index contributed by atoms with van der Waals surface area (Å²) in [6.07, 6.45) is -4.26. The second-order valence-electron chi connectivity index (χ2n) is 7.85. The fraction of sp³-hybridized carbons (Fsp3) is 0.500. The van der Waals surface area contributed by atoms with Gasteiger partial charge in [0.05, 0.1) is 25.8 Å². The highest BCUT2D eigenvalue weighted by molar-refractivity contribution is 5.97. The molecular formula is C20H20F5N5O3. The Morgan fingerprint density at radius 1 is 1.27 bits per heavy atom. The second kappa shape index (κ2) is 8.69. The zero-order chi connectivity index (χ0) is 23.9. The first-order valence-electron chi connectivity index (χ1n) is 10.2. The van der Waals surface area contributed by atoms with Crippen molar-refractivity contribution in [3.8, 4) is 0 Å². The maximum Gasteiger partial charge on any atom is 0.408 e. The highest BCUT2D eigenvalue weighted by Crippen LogP contribution is 2.35. The SMILES string of the molecule is C[C@@H]1COCCN1c1nc2n(c(=O)c1F)CCC(C(F)(F)F)N2CC(=O)c1ncccc1F. The number of hydrogen-bond acceptors (Lipinski definition) is 7. The van der Waals surface area contributed by atoms with E-state index in [0.29, 0.717) is 4.90 Å². The molecule has 1 fully saturated rings. The van der Waals surface area contributed by atoms with Crippen LogP contribution in [-0.2, 0) is 11.3 Å². The average Bonchev–Trinajstić information content (AvgIpc) is 2.76. The predicted molar refractivity (Wildman–Crippen MR) is 106 cm³/mol. The molecule has 0 aliphatic carbocycles. The minimum atomic E-state index is -4.78. The molecule has 2 atom stereocenters. The average molecular weight is 473 g/mol. The molecule has 2 aromatic rings. The van der Waals surface area contributed by atoms with Crippen LogP contribution in [0.1, 0.15) is 23.8 Å². The Kier molecular flexibility index (Phi) is 6.08. The first-order chi connectivity index (χ1) is 15.6. The third-order valence-electron chi connectivity index (χ3n) is 5.69. The summed E-state index contributed by atoms with van der Waals surface area (Å²) in [5, 5.41) is 0. The lowest BCUT2D eigenvalue weighted by molar-refractivity contribution is -0.152. The number of fused-ring (bicyclic) bond motifs is 1. The maximum atomic E-state index is 14.9. The summed E-state index contributed by atoms with van der Waals surface area (Å²) in [7, 11) is 0. The van der Waals surface area contributed by atoms with Gasteiger partial charge < -0.3 is 14.5 Å². The van der Waals surface area contributed by atoms with E-state index in [1.54, 1.807) is 6.92 Å².